The van der Waals surface area contributed by atoms with Crippen molar-refractivity contribution in [2.45, 2.75) is 32.1 Å². The molecule has 1 aromatic rings. The van der Waals surface area contributed by atoms with Crippen molar-refractivity contribution >= 4 is 15.9 Å². The van der Waals surface area contributed by atoms with Gasteiger partial charge in [0.25, 0.3) is 0 Å². The molecule has 0 aliphatic carbocycles. The number of nitrogens with one attached hydrogen (secondary N) is 2. The van der Waals surface area contributed by atoms with Gasteiger partial charge in [0.2, 0.25) is 0 Å². The molecule has 1 fully saturated rings. The van der Waals surface area contributed by atoms with Crippen LogP contribution in [0.2, 0.25) is 0 Å². The predicted octanol–water partition coefficient (Wildman–Crippen LogP) is 3.32. The van der Waals surface area contributed by atoms with Crippen molar-refractivity contribution in [3.8, 4) is 0 Å². The first-order valence-corrected chi connectivity index (χ1v) is 8.05. The molecule has 1 saturated heterocycles. The summed E-state index contributed by atoms with van der Waals surface area (Å²) in [7, 11) is 0. The van der Waals surface area contributed by atoms with E-state index in [1.54, 1.807) is 0 Å². The molecule has 3 heteroatoms. The maximum Gasteiger partial charge on any atom is 0.0178 e. The lowest BCUT2D eigenvalue weighted by atomic mass is 9.84. The minimum Gasteiger partial charge on any atom is -0.317 e. The van der Waals surface area contributed by atoms with Gasteiger partial charge in [-0.3, -0.25) is 0 Å². The Labute approximate surface area is 125 Å². The van der Waals surface area contributed by atoms with Crippen molar-refractivity contribution in [2.75, 3.05) is 26.2 Å². The van der Waals surface area contributed by atoms with Crippen LogP contribution in [0.3, 0.4) is 0 Å². The molecule has 1 aliphatic rings. The van der Waals surface area contributed by atoms with Crippen molar-refractivity contribution in [3.63, 3.8) is 0 Å². The van der Waals surface area contributed by atoms with E-state index in [4.69, 9.17) is 0 Å². The smallest absolute Gasteiger partial charge is 0.0178 e. The van der Waals surface area contributed by atoms with Gasteiger partial charge in [0.15, 0.2) is 0 Å². The van der Waals surface area contributed by atoms with Crippen LogP contribution in [0.15, 0.2) is 28.7 Å². The molecule has 2 rings (SSSR count). The van der Waals surface area contributed by atoms with Crippen LogP contribution in [0.4, 0.5) is 0 Å². The minimum atomic E-state index is 0.177. The summed E-state index contributed by atoms with van der Waals surface area (Å²) in [6.07, 6.45) is 2.62. The topological polar surface area (TPSA) is 24.1 Å². The van der Waals surface area contributed by atoms with Crippen molar-refractivity contribution < 1.29 is 0 Å². The van der Waals surface area contributed by atoms with Gasteiger partial charge in [-0.2, -0.15) is 0 Å². The van der Waals surface area contributed by atoms with Crippen LogP contribution in [-0.2, 0) is 5.41 Å². The average Bonchev–Trinajstić information content (AvgIpc) is 2.40. The standard InChI is InChI=1S/C16H25BrN2/c1-16(2,14-4-3-5-15(17)10-14)12-19-11-13-6-8-18-9-7-13/h3-5,10,13,18-19H,6-9,11-12H2,1-2H3. The molecular formula is C16H25BrN2. The highest BCUT2D eigenvalue weighted by Gasteiger charge is 2.21. The number of hydrogen-bond acceptors (Lipinski definition) is 2. The summed E-state index contributed by atoms with van der Waals surface area (Å²) in [4.78, 5) is 0. The van der Waals surface area contributed by atoms with E-state index in [0.29, 0.717) is 0 Å². The highest BCUT2D eigenvalue weighted by atomic mass is 79.9. The third-order valence-corrected chi connectivity index (χ3v) is 4.56. The lowest BCUT2D eigenvalue weighted by Crippen LogP contribution is -2.38. The lowest BCUT2D eigenvalue weighted by Gasteiger charge is -2.28. The number of benzene rings is 1. The molecule has 0 atom stereocenters. The minimum absolute atomic E-state index is 0.177. The third-order valence-electron chi connectivity index (χ3n) is 4.06. The van der Waals surface area contributed by atoms with E-state index in [1.807, 2.05) is 0 Å². The SMILES string of the molecule is CC(C)(CNCC1CCNCC1)c1cccc(Br)c1. The molecular weight excluding hydrogens is 300 g/mol. The number of rotatable bonds is 5. The normalized spacial score (nSPS) is 17.6. The van der Waals surface area contributed by atoms with Crippen LogP contribution >= 0.6 is 15.9 Å². The predicted molar refractivity (Wildman–Crippen MR) is 85.6 cm³/mol. The zero-order chi connectivity index (χ0) is 13.7. The van der Waals surface area contributed by atoms with Crippen molar-refractivity contribution in [2.24, 2.45) is 5.92 Å². The van der Waals surface area contributed by atoms with Gasteiger partial charge in [-0.25, -0.2) is 0 Å². The Morgan fingerprint density at radius 2 is 2.05 bits per heavy atom. The molecule has 0 radical (unpaired) electrons. The van der Waals surface area contributed by atoms with E-state index in [1.165, 1.54) is 31.5 Å². The first kappa shape index (κ1) is 15.0. The fourth-order valence-electron chi connectivity index (χ4n) is 2.69. The fraction of sp³-hybridized carbons (Fsp3) is 0.625. The van der Waals surface area contributed by atoms with Crippen molar-refractivity contribution in [1.82, 2.24) is 10.6 Å². The highest BCUT2D eigenvalue weighted by molar-refractivity contribution is 9.10. The highest BCUT2D eigenvalue weighted by Crippen LogP contribution is 2.25. The van der Waals surface area contributed by atoms with Crippen LogP contribution < -0.4 is 10.6 Å². The zero-order valence-electron chi connectivity index (χ0n) is 12.0. The van der Waals surface area contributed by atoms with Crippen molar-refractivity contribution in [3.05, 3.63) is 34.3 Å². The van der Waals surface area contributed by atoms with Gasteiger partial charge in [-0.15, -0.1) is 0 Å². The second kappa shape index (κ2) is 6.87. The van der Waals surface area contributed by atoms with E-state index in [0.717, 1.165) is 23.5 Å². The van der Waals surface area contributed by atoms with Crippen LogP contribution in [0.5, 0.6) is 0 Å². The van der Waals surface area contributed by atoms with Crippen LogP contribution in [0.25, 0.3) is 0 Å². The van der Waals surface area contributed by atoms with E-state index in [9.17, 15) is 0 Å². The molecule has 106 valence electrons. The molecule has 0 aromatic heterocycles. The second-order valence-corrected chi connectivity index (χ2v) is 7.13. The van der Waals surface area contributed by atoms with E-state index in [-0.39, 0.29) is 5.41 Å². The van der Waals surface area contributed by atoms with Gasteiger partial charge in [-0.1, -0.05) is 41.9 Å². The molecule has 0 saturated carbocycles. The number of halogens is 1. The Kier molecular flexibility index (Phi) is 5.43. The van der Waals surface area contributed by atoms with Gasteiger partial charge < -0.3 is 10.6 Å². The molecule has 1 heterocycles. The van der Waals surface area contributed by atoms with Gasteiger partial charge in [0.1, 0.15) is 0 Å². The molecule has 1 aromatic carbocycles. The summed E-state index contributed by atoms with van der Waals surface area (Å²) in [6, 6.07) is 8.65. The Balaban J connectivity index is 1.83. The van der Waals surface area contributed by atoms with Gasteiger partial charge >= 0.3 is 0 Å². The Morgan fingerprint density at radius 3 is 2.74 bits per heavy atom. The molecule has 2 N–H and O–H groups in total. The maximum atomic E-state index is 3.67. The van der Waals surface area contributed by atoms with Crippen LogP contribution in [0.1, 0.15) is 32.3 Å². The monoisotopic (exact) mass is 324 g/mol. The summed E-state index contributed by atoms with van der Waals surface area (Å²) in [5.74, 6) is 0.847. The van der Waals surface area contributed by atoms with Crippen LogP contribution in [0, 0.1) is 5.92 Å². The largest absolute Gasteiger partial charge is 0.317 e. The molecule has 0 unspecified atom stereocenters. The number of piperidine rings is 1. The second-order valence-electron chi connectivity index (χ2n) is 6.22. The fourth-order valence-corrected chi connectivity index (χ4v) is 3.09. The summed E-state index contributed by atoms with van der Waals surface area (Å²) >= 11 is 3.56. The summed E-state index contributed by atoms with van der Waals surface area (Å²) in [5.41, 5.74) is 1.57. The summed E-state index contributed by atoms with van der Waals surface area (Å²) < 4.78 is 1.16. The van der Waals surface area contributed by atoms with Gasteiger partial charge in [-0.05, 0) is 56.1 Å². The van der Waals surface area contributed by atoms with E-state index < -0.39 is 0 Å². The Hall–Kier alpha value is -0.380. The summed E-state index contributed by atoms with van der Waals surface area (Å²) in [6.45, 7) is 9.17. The zero-order valence-corrected chi connectivity index (χ0v) is 13.6. The van der Waals surface area contributed by atoms with Gasteiger partial charge in [0, 0.05) is 16.4 Å². The molecule has 0 spiro atoms. The van der Waals surface area contributed by atoms with Gasteiger partial charge in [0.05, 0.1) is 0 Å². The quantitative estimate of drug-likeness (QED) is 0.868. The number of hydrogen-bond donors (Lipinski definition) is 2. The maximum absolute atomic E-state index is 3.67. The molecule has 0 amide bonds. The van der Waals surface area contributed by atoms with E-state index in [2.05, 4.69) is 64.7 Å². The van der Waals surface area contributed by atoms with Crippen LogP contribution in [-0.4, -0.2) is 26.2 Å². The Morgan fingerprint density at radius 1 is 1.32 bits per heavy atom. The molecule has 0 bridgehead atoms. The molecule has 2 nitrogen and oxygen atoms in total. The molecule has 1 aliphatic heterocycles. The summed E-state index contributed by atoms with van der Waals surface area (Å²) in [5, 5.41) is 7.09. The van der Waals surface area contributed by atoms with Crippen molar-refractivity contribution in [1.29, 1.82) is 0 Å². The average molecular weight is 325 g/mol. The first-order chi connectivity index (χ1) is 9.08. The third kappa shape index (κ3) is 4.59. The lowest BCUT2D eigenvalue weighted by molar-refractivity contribution is 0.342. The van der Waals surface area contributed by atoms with E-state index >= 15 is 0 Å². The Bertz CT molecular complexity index is 397. The first-order valence-electron chi connectivity index (χ1n) is 7.25. The molecule has 19 heavy (non-hydrogen) atoms.